The number of anilines is 1. The van der Waals surface area contributed by atoms with Gasteiger partial charge < -0.3 is 25.8 Å². The maximum Gasteiger partial charge on any atom is 0.335 e. The van der Waals surface area contributed by atoms with Crippen molar-refractivity contribution in [3.8, 4) is 5.75 Å². The van der Waals surface area contributed by atoms with Gasteiger partial charge in [0.25, 0.3) is 23.5 Å². The zero-order chi connectivity index (χ0) is 26.8. The van der Waals surface area contributed by atoms with Gasteiger partial charge >= 0.3 is 5.97 Å². The molecule has 0 saturated heterocycles. The van der Waals surface area contributed by atoms with E-state index in [0.717, 1.165) is 0 Å². The Morgan fingerprint density at radius 1 is 1.03 bits per heavy atom. The fourth-order valence-electron chi connectivity index (χ4n) is 3.75. The van der Waals surface area contributed by atoms with Crippen LogP contribution in [0.3, 0.4) is 0 Å². The summed E-state index contributed by atoms with van der Waals surface area (Å²) in [5.41, 5.74) is 2.00. The van der Waals surface area contributed by atoms with Gasteiger partial charge in [-0.25, -0.2) is 19.3 Å². The van der Waals surface area contributed by atoms with Gasteiger partial charge in [-0.3, -0.25) is 14.4 Å². The molecular weight excluding hydrogens is 514 g/mol. The minimum atomic E-state index is -1.05. The van der Waals surface area contributed by atoms with E-state index in [4.69, 9.17) is 22.1 Å². The van der Waals surface area contributed by atoms with Crippen LogP contribution in [0, 0.1) is 4.77 Å². The number of carbonyl (C=O) groups excluding carboxylic acids is 3. The first-order chi connectivity index (χ1) is 18.3. The number of nitrogens with one attached hydrogen (secondary N) is 4. The van der Waals surface area contributed by atoms with Gasteiger partial charge in [-0.05, 0) is 53.7 Å². The maximum absolute atomic E-state index is 13.1. The fourth-order valence-corrected chi connectivity index (χ4v) is 3.98. The Labute approximate surface area is 218 Å². The number of fused-ring (bicyclic) bond motifs is 2. The second-order valence-electron chi connectivity index (χ2n) is 8.23. The smallest absolute Gasteiger partial charge is 0.335 e. The number of benzene rings is 2. The molecule has 14 heteroatoms. The van der Waals surface area contributed by atoms with E-state index in [2.05, 4.69) is 31.1 Å². The van der Waals surface area contributed by atoms with Crippen molar-refractivity contribution in [1.29, 1.82) is 0 Å². The predicted molar refractivity (Wildman–Crippen MR) is 134 cm³/mol. The van der Waals surface area contributed by atoms with E-state index in [-0.39, 0.29) is 53.1 Å². The number of carboxylic acids is 1. The molecule has 1 aliphatic heterocycles. The standard InChI is InChI=1S/C24H19N7O6S/c32-19-11-37-18-6-3-13(7-15(18)27-19)10-26-21(34)17-8-16(28-23-29-30-24(38)31(17)23)20(33)25-9-12-1-4-14(5-2-12)22(35)36/h1-8H,9-11H2,(H,25,33)(H,26,34)(H,27,32)(H,30,38)(H,35,36). The molecular formula is C24H19N7O6S. The lowest BCUT2D eigenvalue weighted by atomic mass is 10.1. The lowest BCUT2D eigenvalue weighted by molar-refractivity contribution is -0.118. The van der Waals surface area contributed by atoms with Crippen molar-refractivity contribution in [3.05, 3.63) is 81.4 Å². The van der Waals surface area contributed by atoms with Crippen LogP contribution in [0.2, 0.25) is 0 Å². The summed E-state index contributed by atoms with van der Waals surface area (Å²) in [6.07, 6.45) is 0. The lowest BCUT2D eigenvalue weighted by Gasteiger charge is -2.18. The van der Waals surface area contributed by atoms with Crippen molar-refractivity contribution in [2.75, 3.05) is 11.9 Å². The Balaban J connectivity index is 1.33. The minimum Gasteiger partial charge on any atom is -0.482 e. The third-order valence-corrected chi connectivity index (χ3v) is 5.91. The molecule has 0 radical (unpaired) electrons. The largest absolute Gasteiger partial charge is 0.482 e. The quantitative estimate of drug-likeness (QED) is 0.221. The summed E-state index contributed by atoms with van der Waals surface area (Å²) in [6, 6.07) is 12.5. The number of carbonyl (C=O) groups is 4. The summed E-state index contributed by atoms with van der Waals surface area (Å²) in [4.78, 5) is 52.8. The van der Waals surface area contributed by atoms with Crippen LogP contribution in [0.1, 0.15) is 42.5 Å². The van der Waals surface area contributed by atoms with E-state index < -0.39 is 17.8 Å². The van der Waals surface area contributed by atoms with E-state index in [1.165, 1.54) is 22.6 Å². The van der Waals surface area contributed by atoms with Crippen molar-refractivity contribution in [1.82, 2.24) is 30.2 Å². The van der Waals surface area contributed by atoms with E-state index in [1.54, 1.807) is 30.3 Å². The Bertz CT molecular complexity index is 1660. The summed E-state index contributed by atoms with van der Waals surface area (Å²) in [5.74, 6) is -1.85. The number of aromatic nitrogens is 4. The van der Waals surface area contributed by atoms with Crippen molar-refractivity contribution >= 4 is 47.4 Å². The third-order valence-electron chi connectivity index (χ3n) is 5.64. The normalized spacial score (nSPS) is 12.3. The molecule has 0 unspecified atom stereocenters. The average molecular weight is 534 g/mol. The third kappa shape index (κ3) is 5.05. The van der Waals surface area contributed by atoms with Crippen LogP contribution in [0.15, 0.2) is 48.5 Å². The van der Waals surface area contributed by atoms with Gasteiger partial charge in [0.2, 0.25) is 4.77 Å². The van der Waals surface area contributed by atoms with E-state index in [9.17, 15) is 19.2 Å². The molecule has 38 heavy (non-hydrogen) atoms. The van der Waals surface area contributed by atoms with Crippen LogP contribution < -0.4 is 20.7 Å². The van der Waals surface area contributed by atoms with E-state index in [0.29, 0.717) is 22.6 Å². The number of H-pyrrole nitrogens is 1. The Morgan fingerprint density at radius 3 is 2.50 bits per heavy atom. The number of rotatable bonds is 7. The second kappa shape index (κ2) is 10.1. The number of aromatic amines is 1. The van der Waals surface area contributed by atoms with Crippen LogP contribution in [0.25, 0.3) is 5.78 Å². The first-order valence-electron chi connectivity index (χ1n) is 11.2. The van der Waals surface area contributed by atoms with Crippen LogP contribution in [0.4, 0.5) is 5.69 Å². The average Bonchev–Trinajstić information content (AvgIpc) is 3.30. The molecule has 2 aromatic carbocycles. The topological polar surface area (TPSA) is 180 Å². The van der Waals surface area contributed by atoms with Gasteiger partial charge in [-0.2, -0.15) is 0 Å². The maximum atomic E-state index is 13.1. The molecule has 1 aliphatic rings. The molecule has 0 bridgehead atoms. The second-order valence-corrected chi connectivity index (χ2v) is 8.61. The van der Waals surface area contributed by atoms with Crippen LogP contribution in [-0.2, 0) is 17.9 Å². The molecule has 5 N–H and O–H groups in total. The number of hydrogen-bond acceptors (Lipinski definition) is 8. The molecule has 13 nitrogen and oxygen atoms in total. The number of ether oxygens (including phenoxy) is 1. The summed E-state index contributed by atoms with van der Waals surface area (Å²) in [6.45, 7) is 0.169. The van der Waals surface area contributed by atoms with Gasteiger partial charge in [-0.15, -0.1) is 5.10 Å². The fraction of sp³-hybridized carbons (Fsp3) is 0.125. The summed E-state index contributed by atoms with van der Waals surface area (Å²) in [7, 11) is 0. The highest BCUT2D eigenvalue weighted by molar-refractivity contribution is 7.71. The van der Waals surface area contributed by atoms with Gasteiger partial charge in [0.05, 0.1) is 11.3 Å². The van der Waals surface area contributed by atoms with E-state index in [1.807, 2.05) is 0 Å². The van der Waals surface area contributed by atoms with Crippen LogP contribution in [0.5, 0.6) is 5.75 Å². The highest BCUT2D eigenvalue weighted by atomic mass is 32.1. The first-order valence-corrected chi connectivity index (χ1v) is 11.6. The monoisotopic (exact) mass is 533 g/mol. The summed E-state index contributed by atoms with van der Waals surface area (Å²) in [5, 5.41) is 23.7. The highest BCUT2D eigenvalue weighted by Gasteiger charge is 2.20. The number of aromatic carboxylic acids is 1. The van der Waals surface area contributed by atoms with Gasteiger partial charge in [0.15, 0.2) is 6.61 Å². The van der Waals surface area contributed by atoms with E-state index >= 15 is 0 Å². The predicted octanol–water partition coefficient (Wildman–Crippen LogP) is 1.68. The van der Waals surface area contributed by atoms with Crippen molar-refractivity contribution in [2.45, 2.75) is 13.1 Å². The van der Waals surface area contributed by atoms with Crippen molar-refractivity contribution < 1.29 is 29.0 Å². The molecule has 192 valence electrons. The highest BCUT2D eigenvalue weighted by Crippen LogP contribution is 2.28. The molecule has 0 spiro atoms. The van der Waals surface area contributed by atoms with Gasteiger partial charge in [-0.1, -0.05) is 18.2 Å². The summed E-state index contributed by atoms with van der Waals surface area (Å²) >= 11 is 5.23. The van der Waals surface area contributed by atoms with Gasteiger partial charge in [0.1, 0.15) is 17.1 Å². The molecule has 5 rings (SSSR count). The van der Waals surface area contributed by atoms with Crippen LogP contribution in [-0.4, -0.2) is 55.0 Å². The molecule has 4 aromatic rings. The molecule has 0 fully saturated rings. The summed E-state index contributed by atoms with van der Waals surface area (Å²) < 4.78 is 6.78. The first kappa shape index (κ1) is 24.6. The zero-order valence-corrected chi connectivity index (χ0v) is 20.3. The van der Waals surface area contributed by atoms with Gasteiger partial charge in [0, 0.05) is 13.1 Å². The van der Waals surface area contributed by atoms with Crippen LogP contribution >= 0.6 is 12.2 Å². The Kier molecular flexibility index (Phi) is 6.53. The molecule has 2 aromatic heterocycles. The molecule has 3 heterocycles. The minimum absolute atomic E-state index is 0.0345. The van der Waals surface area contributed by atoms with Crippen molar-refractivity contribution in [2.24, 2.45) is 0 Å². The Hall–Kier alpha value is -5.11. The molecule has 3 amide bonds. The van der Waals surface area contributed by atoms with Crippen molar-refractivity contribution in [3.63, 3.8) is 0 Å². The Morgan fingerprint density at radius 2 is 1.74 bits per heavy atom. The number of amides is 3. The lowest BCUT2D eigenvalue weighted by Crippen LogP contribution is -2.28. The molecule has 0 saturated carbocycles. The number of hydrogen-bond donors (Lipinski definition) is 5. The number of carboxylic acid groups (broad SMARTS) is 1. The SMILES string of the molecule is O=C1COc2ccc(CNC(=O)c3cc(C(=O)NCc4ccc(C(=O)O)cc4)nc4n[nH]c(=S)n34)cc2N1. The number of nitrogens with zero attached hydrogens (tertiary/aromatic N) is 3. The zero-order valence-electron chi connectivity index (χ0n) is 19.5. The molecule has 0 aliphatic carbocycles. The molecule has 0 atom stereocenters.